The molecule has 0 aromatic rings. The molecule has 0 aromatic heterocycles. The fourth-order valence-corrected chi connectivity index (χ4v) is 2.39. The van der Waals surface area contributed by atoms with Crippen molar-refractivity contribution in [1.82, 2.24) is 4.67 Å². The number of phosphoric ester groups is 1. The molecule has 0 bridgehead atoms. The summed E-state index contributed by atoms with van der Waals surface area (Å²) < 4.78 is 20.0. The Morgan fingerprint density at radius 2 is 1.60 bits per heavy atom. The zero-order valence-electron chi connectivity index (χ0n) is 15.7. The maximum atomic E-state index is 9.74. The Morgan fingerprint density at radius 1 is 1.28 bits per heavy atom. The SMILES string of the molecule is CCO.COP(=O)([O-])O.[C-]#[N+]CCOP(O)N(C(C)C)C(C)C.[Y].[Y]. The summed E-state index contributed by atoms with van der Waals surface area (Å²) in [6.45, 7) is 17.2. The molecule has 3 N–H and O–H groups in total. The van der Waals surface area contributed by atoms with E-state index in [0.29, 0.717) is 13.2 Å². The van der Waals surface area contributed by atoms with Crippen LogP contribution in [0.15, 0.2) is 0 Å². The summed E-state index contributed by atoms with van der Waals surface area (Å²) >= 11 is 0. The summed E-state index contributed by atoms with van der Waals surface area (Å²) in [5.74, 6) is 0. The molecular formula is C12H29N2O7P2Y2-. The quantitative estimate of drug-likeness (QED) is 0.245. The van der Waals surface area contributed by atoms with E-state index in [1.54, 1.807) is 6.92 Å². The normalized spacial score (nSPS) is 13.1. The number of aliphatic hydroxyl groups is 1. The first kappa shape index (κ1) is 37.8. The van der Waals surface area contributed by atoms with Gasteiger partial charge in [-0.15, -0.1) is 0 Å². The Labute approximate surface area is 203 Å². The minimum absolute atomic E-state index is 0. The molecule has 2 unspecified atom stereocenters. The van der Waals surface area contributed by atoms with Crippen molar-refractivity contribution >= 4 is 16.3 Å². The van der Waals surface area contributed by atoms with Gasteiger partial charge in [0.15, 0.2) is 0 Å². The van der Waals surface area contributed by atoms with Crippen molar-refractivity contribution in [3.8, 4) is 0 Å². The van der Waals surface area contributed by atoms with Gasteiger partial charge in [-0.05, 0) is 34.6 Å². The average molecular weight is 553 g/mol. The van der Waals surface area contributed by atoms with Gasteiger partial charge in [0.25, 0.3) is 16.3 Å². The van der Waals surface area contributed by atoms with Crippen LogP contribution in [0.1, 0.15) is 34.6 Å². The van der Waals surface area contributed by atoms with Crippen molar-refractivity contribution in [2.45, 2.75) is 46.7 Å². The molecule has 2 radical (unpaired) electrons. The molecule has 0 spiro atoms. The van der Waals surface area contributed by atoms with Crippen molar-refractivity contribution in [3.05, 3.63) is 11.4 Å². The van der Waals surface area contributed by atoms with Crippen molar-refractivity contribution in [2.24, 2.45) is 0 Å². The van der Waals surface area contributed by atoms with Crippen LogP contribution >= 0.6 is 16.3 Å². The molecule has 25 heavy (non-hydrogen) atoms. The first-order valence-corrected chi connectivity index (χ1v) is 9.58. The maximum absolute atomic E-state index is 9.74. The summed E-state index contributed by atoms with van der Waals surface area (Å²) in [4.78, 5) is 29.9. The molecule has 0 fully saturated rings. The summed E-state index contributed by atoms with van der Waals surface area (Å²) in [5, 5.41) is 7.57. The van der Waals surface area contributed by atoms with Gasteiger partial charge in [0.05, 0.1) is 0 Å². The van der Waals surface area contributed by atoms with Crippen LogP contribution in [0.4, 0.5) is 0 Å². The van der Waals surface area contributed by atoms with E-state index < -0.39 is 16.3 Å². The van der Waals surface area contributed by atoms with Crippen LogP contribution in [0.25, 0.3) is 4.85 Å². The van der Waals surface area contributed by atoms with Gasteiger partial charge in [-0.25, -0.2) is 11.2 Å². The number of hydrogen-bond acceptors (Lipinski definition) is 7. The Hall–Kier alpha value is 2.08. The van der Waals surface area contributed by atoms with E-state index >= 15 is 0 Å². The molecule has 2 atom stereocenters. The first-order valence-electron chi connectivity index (χ1n) is 6.92. The van der Waals surface area contributed by atoms with Gasteiger partial charge >= 0.3 is 0 Å². The summed E-state index contributed by atoms with van der Waals surface area (Å²) in [6, 6.07) is 0.498. The molecular weight excluding hydrogens is 524 g/mol. The van der Waals surface area contributed by atoms with Gasteiger partial charge in [0.2, 0.25) is 6.54 Å². The minimum Gasteiger partial charge on any atom is -0.756 e. The Morgan fingerprint density at radius 3 is 1.80 bits per heavy atom. The van der Waals surface area contributed by atoms with Crippen LogP contribution in [0, 0.1) is 6.57 Å². The molecule has 0 aliphatic carbocycles. The predicted molar refractivity (Wildman–Crippen MR) is 88.3 cm³/mol. The number of phosphoric acid groups is 1. The number of hydrogen-bond donors (Lipinski definition) is 3. The van der Waals surface area contributed by atoms with Crippen LogP contribution in [0.3, 0.4) is 0 Å². The van der Waals surface area contributed by atoms with Gasteiger partial charge < -0.3 is 33.7 Å². The third kappa shape index (κ3) is 31.0. The second kappa shape index (κ2) is 24.1. The summed E-state index contributed by atoms with van der Waals surface area (Å²) in [6.07, 6.45) is 0. The standard InChI is InChI=1S/C9H19N2O2P.C2H6O.CH5O4P.2Y/c1-8(2)11(9(3)4)14(12)13-7-6-10-5;1-2-3;1-5-6(2,3)4;;/h8-9,12H,6-7H2,1-4H3;3H,2H2,1H3;1H3,(H2,2,3,4);;/p-1. The van der Waals surface area contributed by atoms with Crippen LogP contribution in [-0.4, -0.2) is 58.5 Å². The van der Waals surface area contributed by atoms with E-state index in [-0.39, 0.29) is 84.1 Å². The van der Waals surface area contributed by atoms with Crippen LogP contribution in [0.5, 0.6) is 0 Å². The second-order valence-corrected chi connectivity index (χ2v) is 7.03. The van der Waals surface area contributed by atoms with E-state index in [9.17, 15) is 14.4 Å². The van der Waals surface area contributed by atoms with E-state index in [1.165, 1.54) is 0 Å². The van der Waals surface area contributed by atoms with Crippen molar-refractivity contribution < 1.29 is 98.8 Å². The molecule has 0 saturated carbocycles. The smallest absolute Gasteiger partial charge is 0.264 e. The molecule has 13 heteroatoms. The van der Waals surface area contributed by atoms with Crippen LogP contribution in [-0.2, 0) is 79.0 Å². The molecule has 0 saturated heterocycles. The first-order chi connectivity index (χ1) is 10.5. The predicted octanol–water partition coefficient (Wildman–Crippen LogP) is 1.35. The molecule has 0 heterocycles. The van der Waals surface area contributed by atoms with Crippen molar-refractivity contribution in [1.29, 1.82) is 0 Å². The average Bonchev–Trinajstić information content (AvgIpc) is 2.39. The van der Waals surface area contributed by atoms with Gasteiger partial charge in [-0.1, -0.05) is 0 Å². The molecule has 0 aliphatic rings. The Kier molecular flexibility index (Phi) is 36.4. The van der Waals surface area contributed by atoms with Gasteiger partial charge in [-0.2, -0.15) is 0 Å². The molecule has 0 rings (SSSR count). The molecule has 146 valence electrons. The van der Waals surface area contributed by atoms with Gasteiger partial charge in [0, 0.05) is 91.2 Å². The minimum atomic E-state index is -4.40. The van der Waals surface area contributed by atoms with Crippen LogP contribution in [0.2, 0.25) is 0 Å². The number of nitrogens with zero attached hydrogens (tertiary/aromatic N) is 2. The van der Waals surface area contributed by atoms with E-state index in [4.69, 9.17) is 21.1 Å². The maximum Gasteiger partial charge on any atom is 0.264 e. The third-order valence-electron chi connectivity index (χ3n) is 1.90. The largest absolute Gasteiger partial charge is 0.756 e. The number of rotatable bonds is 7. The fraction of sp³-hybridized carbons (Fsp3) is 0.917. The Balaban J connectivity index is -0.000000102. The zero-order chi connectivity index (χ0) is 19.1. The zero-order valence-corrected chi connectivity index (χ0v) is 23.2. The number of aliphatic hydroxyl groups excluding tert-OH is 1. The van der Waals surface area contributed by atoms with E-state index in [1.807, 2.05) is 32.4 Å². The molecule has 0 aliphatic heterocycles. The van der Waals surface area contributed by atoms with E-state index in [2.05, 4.69) is 9.37 Å². The fourth-order valence-electron chi connectivity index (χ4n) is 1.23. The summed E-state index contributed by atoms with van der Waals surface area (Å²) in [7, 11) is -5.06. The monoisotopic (exact) mass is 553 g/mol. The van der Waals surface area contributed by atoms with E-state index in [0.717, 1.165) is 7.11 Å². The van der Waals surface area contributed by atoms with Crippen LogP contribution < -0.4 is 4.89 Å². The topological polar surface area (TPSA) is 127 Å². The van der Waals surface area contributed by atoms with Crippen molar-refractivity contribution in [2.75, 3.05) is 26.9 Å². The summed E-state index contributed by atoms with van der Waals surface area (Å²) in [5.41, 5.74) is 0. The molecule has 9 nitrogen and oxygen atoms in total. The third-order valence-corrected chi connectivity index (χ3v) is 4.09. The van der Waals surface area contributed by atoms with Gasteiger partial charge in [-0.3, -0.25) is 4.57 Å². The van der Waals surface area contributed by atoms with Crippen molar-refractivity contribution in [3.63, 3.8) is 0 Å². The van der Waals surface area contributed by atoms with Gasteiger partial charge in [0.1, 0.15) is 6.61 Å². The second-order valence-electron chi connectivity index (χ2n) is 4.50. The Bertz CT molecular complexity index is 347. The molecule has 0 amide bonds. The molecule has 0 aromatic carbocycles.